The van der Waals surface area contributed by atoms with Crippen LogP contribution in [0.3, 0.4) is 0 Å². The lowest BCUT2D eigenvalue weighted by Crippen LogP contribution is -2.07. The Morgan fingerprint density at radius 3 is 3.06 bits per heavy atom. The highest BCUT2D eigenvalue weighted by Crippen LogP contribution is 2.20. The van der Waals surface area contributed by atoms with Crippen LogP contribution >= 0.6 is 11.3 Å². The quantitative estimate of drug-likeness (QED) is 0.803. The van der Waals surface area contributed by atoms with Gasteiger partial charge in [0, 0.05) is 24.5 Å². The summed E-state index contributed by atoms with van der Waals surface area (Å²) in [6, 6.07) is 4.75. The fourth-order valence-corrected chi connectivity index (χ4v) is 1.99. The number of halogens is 1. The van der Waals surface area contributed by atoms with Crippen LogP contribution in [-0.2, 0) is 6.42 Å². The largest absolute Gasteiger partial charge is 0.395 e. The first kappa shape index (κ1) is 10.9. The molecule has 84 valence electrons. The zero-order chi connectivity index (χ0) is 11.4. The molecule has 5 heteroatoms. The molecule has 3 nitrogen and oxygen atoms in total. The molecule has 0 aliphatic carbocycles. The van der Waals surface area contributed by atoms with Gasteiger partial charge in [0.2, 0.25) is 0 Å². The van der Waals surface area contributed by atoms with E-state index in [-0.39, 0.29) is 11.5 Å². The highest BCUT2D eigenvalue weighted by Gasteiger charge is 2.03. The van der Waals surface area contributed by atoms with Gasteiger partial charge in [0.05, 0.1) is 16.4 Å². The van der Waals surface area contributed by atoms with Crippen molar-refractivity contribution in [3.05, 3.63) is 40.6 Å². The number of hydrogen-bond donors (Lipinski definition) is 2. The monoisotopic (exact) mass is 237 g/mol. The molecule has 0 radical (unpaired) electrons. The van der Waals surface area contributed by atoms with Crippen molar-refractivity contribution in [2.45, 2.75) is 6.42 Å². The highest BCUT2D eigenvalue weighted by molar-refractivity contribution is 7.09. The van der Waals surface area contributed by atoms with E-state index in [1.54, 1.807) is 29.7 Å². The first-order valence-electron chi connectivity index (χ1n) is 4.93. The van der Waals surface area contributed by atoms with E-state index in [2.05, 4.69) is 10.3 Å². The second kappa shape index (κ2) is 4.94. The molecule has 1 aromatic carbocycles. The van der Waals surface area contributed by atoms with Gasteiger partial charge in [-0.15, -0.1) is 11.3 Å². The zero-order valence-corrected chi connectivity index (χ0v) is 9.43. The average molecular weight is 237 g/mol. The van der Waals surface area contributed by atoms with Crippen molar-refractivity contribution in [3.63, 3.8) is 0 Å². The second-order valence-corrected chi connectivity index (χ2v) is 4.28. The highest BCUT2D eigenvalue weighted by atomic mass is 32.1. The normalized spacial score (nSPS) is 10.3. The Hall–Kier alpha value is -1.62. The summed E-state index contributed by atoms with van der Waals surface area (Å²) < 4.78 is 13.1. The van der Waals surface area contributed by atoms with Gasteiger partial charge in [-0.1, -0.05) is 6.07 Å². The second-order valence-electron chi connectivity index (χ2n) is 3.30. The number of hydrogen-bond acceptors (Lipinski definition) is 4. The van der Waals surface area contributed by atoms with Crippen LogP contribution < -0.4 is 11.1 Å². The van der Waals surface area contributed by atoms with E-state index in [0.717, 1.165) is 11.4 Å². The molecule has 0 bridgehead atoms. The Labute approximate surface area is 97.1 Å². The standard InChI is InChI=1S/C11H12FN3S/c12-8-2-1-3-9(11(8)13)14-5-4-10-15-6-7-16-10/h1-3,6-7,14H,4-5,13H2. The Balaban J connectivity index is 1.92. The fourth-order valence-electron chi connectivity index (χ4n) is 1.37. The van der Waals surface area contributed by atoms with Crippen molar-refractivity contribution >= 4 is 22.7 Å². The number of para-hydroxylation sites is 1. The molecule has 2 aromatic rings. The molecule has 0 saturated carbocycles. The summed E-state index contributed by atoms with van der Waals surface area (Å²) in [4.78, 5) is 4.16. The summed E-state index contributed by atoms with van der Waals surface area (Å²) >= 11 is 1.61. The molecule has 0 aliphatic rings. The van der Waals surface area contributed by atoms with Crippen molar-refractivity contribution in [1.29, 1.82) is 0 Å². The van der Waals surface area contributed by atoms with Gasteiger partial charge >= 0.3 is 0 Å². The molecule has 0 atom stereocenters. The zero-order valence-electron chi connectivity index (χ0n) is 8.61. The molecule has 0 saturated heterocycles. The number of thiazole rings is 1. The third-order valence-corrected chi connectivity index (χ3v) is 3.03. The number of aromatic nitrogens is 1. The first-order chi connectivity index (χ1) is 7.77. The van der Waals surface area contributed by atoms with Gasteiger partial charge < -0.3 is 11.1 Å². The summed E-state index contributed by atoms with van der Waals surface area (Å²) in [5.74, 6) is -0.390. The van der Waals surface area contributed by atoms with Gasteiger partial charge in [-0.05, 0) is 12.1 Å². The molecular weight excluding hydrogens is 225 g/mol. The van der Waals surface area contributed by atoms with Gasteiger partial charge in [-0.2, -0.15) is 0 Å². The minimum absolute atomic E-state index is 0.168. The number of nitrogens with two attached hydrogens (primary N) is 1. The molecule has 0 unspecified atom stereocenters. The molecule has 16 heavy (non-hydrogen) atoms. The van der Waals surface area contributed by atoms with E-state index in [4.69, 9.17) is 5.73 Å². The number of nitrogen functional groups attached to an aromatic ring is 1. The van der Waals surface area contributed by atoms with Gasteiger partial charge in [-0.3, -0.25) is 0 Å². The third kappa shape index (κ3) is 2.49. The van der Waals surface area contributed by atoms with E-state index >= 15 is 0 Å². The Bertz CT molecular complexity index is 456. The van der Waals surface area contributed by atoms with E-state index in [1.807, 2.05) is 5.38 Å². The van der Waals surface area contributed by atoms with Crippen LogP contribution in [0.15, 0.2) is 29.8 Å². The fraction of sp³-hybridized carbons (Fsp3) is 0.182. The predicted molar refractivity (Wildman–Crippen MR) is 65.1 cm³/mol. The van der Waals surface area contributed by atoms with Gasteiger partial charge in [0.1, 0.15) is 5.82 Å². The number of anilines is 2. The third-order valence-electron chi connectivity index (χ3n) is 2.19. The number of benzene rings is 1. The summed E-state index contributed by atoms with van der Waals surface area (Å²) in [6.45, 7) is 0.696. The van der Waals surface area contributed by atoms with Gasteiger partial charge in [0.25, 0.3) is 0 Å². The van der Waals surface area contributed by atoms with Crippen molar-refractivity contribution in [2.75, 3.05) is 17.6 Å². The van der Waals surface area contributed by atoms with Crippen molar-refractivity contribution < 1.29 is 4.39 Å². The molecule has 1 aromatic heterocycles. The van der Waals surface area contributed by atoms with Crippen LogP contribution in [0.1, 0.15) is 5.01 Å². The van der Waals surface area contributed by atoms with Crippen molar-refractivity contribution in [1.82, 2.24) is 4.98 Å². The van der Waals surface area contributed by atoms with Gasteiger partial charge in [0.15, 0.2) is 0 Å². The van der Waals surface area contributed by atoms with Gasteiger partial charge in [-0.25, -0.2) is 9.37 Å². The van der Waals surface area contributed by atoms with Crippen molar-refractivity contribution in [3.8, 4) is 0 Å². The molecular formula is C11H12FN3S. The first-order valence-corrected chi connectivity index (χ1v) is 5.81. The Morgan fingerprint density at radius 1 is 1.44 bits per heavy atom. The average Bonchev–Trinajstić information content (AvgIpc) is 2.77. The van der Waals surface area contributed by atoms with Crippen LogP contribution in [0.5, 0.6) is 0 Å². The number of nitrogens with zero attached hydrogens (tertiary/aromatic N) is 1. The van der Waals surface area contributed by atoms with E-state index in [9.17, 15) is 4.39 Å². The maximum atomic E-state index is 13.1. The SMILES string of the molecule is Nc1c(F)cccc1NCCc1nccs1. The minimum Gasteiger partial charge on any atom is -0.395 e. The Morgan fingerprint density at radius 2 is 2.31 bits per heavy atom. The molecule has 0 aliphatic heterocycles. The van der Waals surface area contributed by atoms with Crippen molar-refractivity contribution in [2.24, 2.45) is 0 Å². The molecule has 1 heterocycles. The maximum Gasteiger partial charge on any atom is 0.148 e. The minimum atomic E-state index is -0.390. The lowest BCUT2D eigenvalue weighted by Gasteiger charge is -2.08. The lowest BCUT2D eigenvalue weighted by atomic mass is 10.2. The van der Waals surface area contributed by atoms with Crippen LogP contribution in [0, 0.1) is 5.82 Å². The summed E-state index contributed by atoms with van der Waals surface area (Å²) in [7, 11) is 0. The van der Waals surface area contributed by atoms with Crippen LogP contribution in [-0.4, -0.2) is 11.5 Å². The van der Waals surface area contributed by atoms with E-state index in [0.29, 0.717) is 12.2 Å². The van der Waals surface area contributed by atoms with Crippen LogP contribution in [0.25, 0.3) is 0 Å². The van der Waals surface area contributed by atoms with Crippen LogP contribution in [0.2, 0.25) is 0 Å². The Kier molecular flexibility index (Phi) is 3.36. The topological polar surface area (TPSA) is 50.9 Å². The molecule has 2 rings (SSSR count). The van der Waals surface area contributed by atoms with E-state index in [1.165, 1.54) is 6.07 Å². The smallest absolute Gasteiger partial charge is 0.148 e. The number of rotatable bonds is 4. The summed E-state index contributed by atoms with van der Waals surface area (Å²) in [6.07, 6.45) is 2.59. The number of nitrogens with one attached hydrogen (secondary N) is 1. The predicted octanol–water partition coefficient (Wildman–Crippen LogP) is 2.52. The molecule has 3 N–H and O–H groups in total. The molecule has 0 fully saturated rings. The molecule has 0 amide bonds. The summed E-state index contributed by atoms with van der Waals surface area (Å²) in [5.41, 5.74) is 6.40. The lowest BCUT2D eigenvalue weighted by molar-refractivity contribution is 0.633. The van der Waals surface area contributed by atoms with E-state index < -0.39 is 0 Å². The summed E-state index contributed by atoms with van der Waals surface area (Å²) in [5, 5.41) is 6.09. The molecule has 0 spiro atoms. The van der Waals surface area contributed by atoms with Crippen LogP contribution in [0.4, 0.5) is 15.8 Å². The maximum absolute atomic E-state index is 13.1.